The Hall–Kier alpha value is -0.560. The first kappa shape index (κ1) is 23.6. The predicted molar refractivity (Wildman–Crippen MR) is 133 cm³/mol. The average molecular weight is 427 g/mol. The first-order valence-corrected chi connectivity index (χ1v) is 13.4. The van der Waals surface area contributed by atoms with Gasteiger partial charge in [0.25, 0.3) is 0 Å². The number of aliphatic hydroxyl groups excluding tert-OH is 1. The SMILES string of the molecule is CC(C)=CCC[C@@H](C)[C@H]1CC[C@@]2(C)C3=C(CC[C@]12C)[C@@]1(C)C(O)CCC(C)(C)[C@@H]1CC3. The second-order valence-corrected chi connectivity index (χ2v) is 13.6. The van der Waals surface area contributed by atoms with Gasteiger partial charge in [-0.3, -0.25) is 0 Å². The minimum absolute atomic E-state index is 0.00677. The molecule has 2 saturated carbocycles. The van der Waals surface area contributed by atoms with Crippen molar-refractivity contribution in [3.8, 4) is 0 Å². The molecule has 176 valence electrons. The summed E-state index contributed by atoms with van der Waals surface area (Å²) in [4.78, 5) is 0. The van der Waals surface area contributed by atoms with Gasteiger partial charge in [0.05, 0.1) is 6.10 Å². The Balaban J connectivity index is 1.67. The molecular formula is C30H50O. The highest BCUT2D eigenvalue weighted by Crippen LogP contribution is 2.72. The van der Waals surface area contributed by atoms with Gasteiger partial charge in [0.15, 0.2) is 0 Å². The summed E-state index contributed by atoms with van der Waals surface area (Å²) in [6.07, 6.45) is 14.9. The monoisotopic (exact) mass is 426 g/mol. The molecule has 31 heavy (non-hydrogen) atoms. The average Bonchev–Trinajstić information content (AvgIpc) is 2.96. The zero-order valence-corrected chi connectivity index (χ0v) is 21.9. The normalized spacial score (nSPS) is 44.9. The quantitative estimate of drug-likeness (QED) is 0.447. The molecule has 1 N–H and O–H groups in total. The summed E-state index contributed by atoms with van der Waals surface area (Å²) < 4.78 is 0. The van der Waals surface area contributed by atoms with Crippen LogP contribution in [0.15, 0.2) is 22.8 Å². The van der Waals surface area contributed by atoms with Crippen LogP contribution in [0.5, 0.6) is 0 Å². The van der Waals surface area contributed by atoms with E-state index in [9.17, 15) is 5.11 Å². The van der Waals surface area contributed by atoms with Gasteiger partial charge in [-0.15, -0.1) is 0 Å². The van der Waals surface area contributed by atoms with E-state index in [2.05, 4.69) is 61.5 Å². The number of hydrogen-bond acceptors (Lipinski definition) is 1. The van der Waals surface area contributed by atoms with E-state index < -0.39 is 0 Å². The van der Waals surface area contributed by atoms with Gasteiger partial charge < -0.3 is 5.11 Å². The molecule has 4 rings (SSSR count). The molecular weight excluding hydrogens is 376 g/mol. The second-order valence-electron chi connectivity index (χ2n) is 13.6. The van der Waals surface area contributed by atoms with Crippen LogP contribution in [0.1, 0.15) is 120 Å². The number of rotatable bonds is 4. The highest BCUT2D eigenvalue weighted by Gasteiger charge is 2.63. The molecule has 4 aliphatic carbocycles. The Morgan fingerprint density at radius 2 is 1.68 bits per heavy atom. The summed E-state index contributed by atoms with van der Waals surface area (Å²) in [5.74, 6) is 2.28. The third-order valence-corrected chi connectivity index (χ3v) is 11.6. The van der Waals surface area contributed by atoms with Gasteiger partial charge in [-0.25, -0.2) is 0 Å². The molecule has 7 atom stereocenters. The van der Waals surface area contributed by atoms with Crippen molar-refractivity contribution in [2.45, 2.75) is 126 Å². The smallest absolute Gasteiger partial charge is 0.0634 e. The van der Waals surface area contributed by atoms with Crippen molar-refractivity contribution in [3.63, 3.8) is 0 Å². The van der Waals surface area contributed by atoms with Crippen LogP contribution in [0.3, 0.4) is 0 Å². The van der Waals surface area contributed by atoms with Crippen LogP contribution in [0.25, 0.3) is 0 Å². The van der Waals surface area contributed by atoms with Crippen molar-refractivity contribution >= 4 is 0 Å². The zero-order chi connectivity index (χ0) is 22.8. The predicted octanol–water partition coefficient (Wildman–Crippen LogP) is 8.48. The van der Waals surface area contributed by atoms with Gasteiger partial charge in [0.1, 0.15) is 0 Å². The molecule has 2 fully saturated rings. The van der Waals surface area contributed by atoms with E-state index in [1.807, 2.05) is 0 Å². The first-order valence-electron chi connectivity index (χ1n) is 13.4. The van der Waals surface area contributed by atoms with Crippen LogP contribution >= 0.6 is 0 Å². The summed E-state index contributed by atoms with van der Waals surface area (Å²) in [7, 11) is 0. The van der Waals surface area contributed by atoms with Gasteiger partial charge in [-0.2, -0.15) is 0 Å². The van der Waals surface area contributed by atoms with E-state index in [0.717, 1.165) is 18.3 Å². The number of aliphatic hydroxyl groups is 1. The lowest BCUT2D eigenvalue weighted by Crippen LogP contribution is -2.56. The second kappa shape index (κ2) is 7.75. The lowest BCUT2D eigenvalue weighted by atomic mass is 9.43. The molecule has 1 heteroatoms. The highest BCUT2D eigenvalue weighted by molar-refractivity contribution is 5.39. The lowest BCUT2D eigenvalue weighted by molar-refractivity contribution is -0.0966. The van der Waals surface area contributed by atoms with Crippen molar-refractivity contribution in [1.29, 1.82) is 0 Å². The van der Waals surface area contributed by atoms with Crippen molar-refractivity contribution < 1.29 is 5.11 Å². The Labute approximate surface area is 193 Å². The van der Waals surface area contributed by atoms with Crippen molar-refractivity contribution in [2.24, 2.45) is 39.4 Å². The van der Waals surface area contributed by atoms with E-state index in [0.29, 0.717) is 22.2 Å². The topological polar surface area (TPSA) is 20.2 Å². The zero-order valence-electron chi connectivity index (χ0n) is 21.9. The van der Waals surface area contributed by atoms with Gasteiger partial charge >= 0.3 is 0 Å². The molecule has 1 unspecified atom stereocenters. The van der Waals surface area contributed by atoms with Gasteiger partial charge in [-0.1, -0.05) is 64.3 Å². The summed E-state index contributed by atoms with van der Waals surface area (Å²) in [6.45, 7) is 19.7. The van der Waals surface area contributed by atoms with Crippen molar-refractivity contribution in [2.75, 3.05) is 0 Å². The van der Waals surface area contributed by atoms with Crippen LogP contribution in [0.2, 0.25) is 0 Å². The maximum Gasteiger partial charge on any atom is 0.0634 e. The molecule has 0 bridgehead atoms. The number of allylic oxidation sites excluding steroid dienone is 3. The lowest BCUT2D eigenvalue weighted by Gasteiger charge is -2.62. The molecule has 0 spiro atoms. The Kier molecular flexibility index (Phi) is 5.90. The fourth-order valence-electron chi connectivity index (χ4n) is 9.47. The van der Waals surface area contributed by atoms with E-state index in [4.69, 9.17) is 0 Å². The minimum atomic E-state index is -0.149. The van der Waals surface area contributed by atoms with Crippen molar-refractivity contribution in [3.05, 3.63) is 22.8 Å². The molecule has 0 saturated heterocycles. The molecule has 0 radical (unpaired) electrons. The van der Waals surface area contributed by atoms with E-state index in [1.165, 1.54) is 63.4 Å². The molecule has 1 nitrogen and oxygen atoms in total. The third kappa shape index (κ3) is 3.34. The highest BCUT2D eigenvalue weighted by atomic mass is 16.3. The molecule has 0 aromatic heterocycles. The van der Waals surface area contributed by atoms with E-state index in [1.54, 1.807) is 11.1 Å². The number of hydrogen-bond donors (Lipinski definition) is 1. The molecule has 0 heterocycles. The fourth-order valence-corrected chi connectivity index (χ4v) is 9.47. The fraction of sp³-hybridized carbons (Fsp3) is 0.867. The summed E-state index contributed by atoms with van der Waals surface area (Å²) >= 11 is 0. The summed E-state index contributed by atoms with van der Waals surface area (Å²) in [5, 5.41) is 11.4. The van der Waals surface area contributed by atoms with Gasteiger partial charge in [0.2, 0.25) is 0 Å². The largest absolute Gasteiger partial charge is 0.392 e. The molecule has 0 aromatic carbocycles. The van der Waals surface area contributed by atoms with Crippen LogP contribution in [-0.4, -0.2) is 11.2 Å². The van der Waals surface area contributed by atoms with Crippen LogP contribution < -0.4 is 0 Å². The Morgan fingerprint density at radius 3 is 2.35 bits per heavy atom. The number of fused-ring (bicyclic) bond motifs is 4. The summed E-state index contributed by atoms with van der Waals surface area (Å²) in [6, 6.07) is 0. The van der Waals surface area contributed by atoms with Gasteiger partial charge in [0, 0.05) is 5.41 Å². The standard InChI is InChI=1S/C30H50O/c1-20(2)10-9-11-21(3)22-14-18-29(7)23-12-13-25-27(4,5)17-16-26(31)30(25,8)24(23)15-19-28(22,29)6/h10,21-22,25-26,31H,9,11-19H2,1-8H3/t21-,22-,25+,26?,28-,29+,30-/m1/s1. The van der Waals surface area contributed by atoms with Crippen molar-refractivity contribution in [1.82, 2.24) is 0 Å². The molecule has 4 aliphatic rings. The maximum atomic E-state index is 11.4. The van der Waals surface area contributed by atoms with Crippen LogP contribution in [0, 0.1) is 39.4 Å². The molecule has 0 aromatic rings. The van der Waals surface area contributed by atoms with Crippen LogP contribution in [0.4, 0.5) is 0 Å². The Bertz CT molecular complexity index is 767. The third-order valence-electron chi connectivity index (χ3n) is 11.6. The summed E-state index contributed by atoms with van der Waals surface area (Å²) in [5.41, 5.74) is 6.09. The van der Waals surface area contributed by atoms with E-state index >= 15 is 0 Å². The molecule has 0 aliphatic heterocycles. The van der Waals surface area contributed by atoms with Crippen LogP contribution in [-0.2, 0) is 0 Å². The first-order chi connectivity index (χ1) is 14.4. The molecule has 0 amide bonds. The van der Waals surface area contributed by atoms with Gasteiger partial charge in [-0.05, 0) is 112 Å². The Morgan fingerprint density at radius 1 is 0.968 bits per heavy atom. The maximum absolute atomic E-state index is 11.4. The minimum Gasteiger partial charge on any atom is -0.392 e. The van der Waals surface area contributed by atoms with E-state index in [-0.39, 0.29) is 11.5 Å².